The molecule has 3 atom stereocenters. The molecule has 2 nitrogen and oxygen atoms in total. The standard InChI is InChI=1S/C17H18BrClO2/c1-2-7-20-17-15(19)10-16(17)21-14-6-4-11-8-13(18)5-3-12(11)9-14/h3-6,8-9,15-17H,2,7,10H2,1H3. The van der Waals surface area contributed by atoms with Crippen molar-refractivity contribution in [1.82, 2.24) is 0 Å². The van der Waals surface area contributed by atoms with Gasteiger partial charge in [-0.15, -0.1) is 11.6 Å². The third-order valence-corrected chi connectivity index (χ3v) is 4.68. The molecular formula is C17H18BrClO2. The first-order valence-corrected chi connectivity index (χ1v) is 8.52. The summed E-state index contributed by atoms with van der Waals surface area (Å²) in [7, 11) is 0. The van der Waals surface area contributed by atoms with Crippen molar-refractivity contribution in [2.75, 3.05) is 6.61 Å². The third kappa shape index (κ3) is 3.36. The van der Waals surface area contributed by atoms with Gasteiger partial charge in [0.15, 0.2) is 0 Å². The summed E-state index contributed by atoms with van der Waals surface area (Å²) in [4.78, 5) is 0. The highest BCUT2D eigenvalue weighted by Gasteiger charge is 2.42. The van der Waals surface area contributed by atoms with Crippen molar-refractivity contribution in [3.63, 3.8) is 0 Å². The lowest BCUT2D eigenvalue weighted by Crippen LogP contribution is -2.52. The van der Waals surface area contributed by atoms with Gasteiger partial charge in [0, 0.05) is 17.5 Å². The molecule has 0 spiro atoms. The monoisotopic (exact) mass is 368 g/mol. The molecule has 1 aliphatic rings. The molecule has 2 aromatic rings. The number of halogens is 2. The molecule has 21 heavy (non-hydrogen) atoms. The molecule has 3 unspecified atom stereocenters. The topological polar surface area (TPSA) is 18.5 Å². The molecule has 0 amide bonds. The fourth-order valence-electron chi connectivity index (χ4n) is 2.55. The normalized spacial score (nSPS) is 24.8. The van der Waals surface area contributed by atoms with Gasteiger partial charge in [-0.1, -0.05) is 35.0 Å². The zero-order valence-corrected chi connectivity index (χ0v) is 14.2. The lowest BCUT2D eigenvalue weighted by atomic mass is 9.91. The van der Waals surface area contributed by atoms with E-state index in [0.29, 0.717) is 0 Å². The van der Waals surface area contributed by atoms with E-state index >= 15 is 0 Å². The van der Waals surface area contributed by atoms with Crippen LogP contribution in [-0.4, -0.2) is 24.2 Å². The number of ether oxygens (including phenoxy) is 2. The molecule has 1 aliphatic carbocycles. The minimum absolute atomic E-state index is 0.00670. The second-order valence-corrected chi connectivity index (χ2v) is 6.87. The highest BCUT2D eigenvalue weighted by molar-refractivity contribution is 9.10. The molecule has 0 bridgehead atoms. The molecule has 1 saturated carbocycles. The van der Waals surface area contributed by atoms with Crippen LogP contribution in [0.25, 0.3) is 10.8 Å². The van der Waals surface area contributed by atoms with Crippen LogP contribution >= 0.6 is 27.5 Å². The summed E-state index contributed by atoms with van der Waals surface area (Å²) in [5.74, 6) is 0.878. The minimum atomic E-state index is 0.00670. The van der Waals surface area contributed by atoms with Crippen molar-refractivity contribution in [3.8, 4) is 5.75 Å². The van der Waals surface area contributed by atoms with Crippen LogP contribution in [0.15, 0.2) is 40.9 Å². The van der Waals surface area contributed by atoms with E-state index < -0.39 is 0 Å². The fraction of sp³-hybridized carbons (Fsp3) is 0.412. The summed E-state index contributed by atoms with van der Waals surface area (Å²) < 4.78 is 12.9. The molecule has 0 aliphatic heterocycles. The summed E-state index contributed by atoms with van der Waals surface area (Å²) in [6, 6.07) is 12.4. The predicted octanol–water partition coefficient (Wildman–Crippen LogP) is 5.16. The average molecular weight is 370 g/mol. The van der Waals surface area contributed by atoms with Crippen molar-refractivity contribution >= 4 is 38.3 Å². The average Bonchev–Trinajstić information content (AvgIpc) is 2.47. The Morgan fingerprint density at radius 2 is 1.95 bits per heavy atom. The molecule has 0 saturated heterocycles. The van der Waals surface area contributed by atoms with E-state index in [2.05, 4.69) is 47.1 Å². The summed E-state index contributed by atoms with van der Waals surface area (Å²) in [6.07, 6.45) is 1.91. The summed E-state index contributed by atoms with van der Waals surface area (Å²) in [5.41, 5.74) is 0. The SMILES string of the molecule is CCCOC1C(Cl)CC1Oc1ccc2cc(Br)ccc2c1. The second-order valence-electron chi connectivity index (χ2n) is 5.40. The van der Waals surface area contributed by atoms with Crippen LogP contribution in [0.3, 0.4) is 0 Å². The van der Waals surface area contributed by atoms with Crippen LogP contribution in [-0.2, 0) is 4.74 Å². The highest BCUT2D eigenvalue weighted by Crippen LogP contribution is 2.34. The van der Waals surface area contributed by atoms with Crippen LogP contribution in [0, 0.1) is 0 Å². The third-order valence-electron chi connectivity index (χ3n) is 3.76. The van der Waals surface area contributed by atoms with E-state index in [-0.39, 0.29) is 17.6 Å². The number of benzene rings is 2. The second kappa shape index (κ2) is 6.55. The highest BCUT2D eigenvalue weighted by atomic mass is 79.9. The molecule has 1 fully saturated rings. The van der Waals surface area contributed by atoms with E-state index in [0.717, 1.165) is 29.7 Å². The predicted molar refractivity (Wildman–Crippen MR) is 90.4 cm³/mol. The Morgan fingerprint density at radius 1 is 1.19 bits per heavy atom. The molecule has 0 aromatic heterocycles. The maximum atomic E-state index is 6.21. The Morgan fingerprint density at radius 3 is 2.71 bits per heavy atom. The number of hydrogen-bond donors (Lipinski definition) is 0. The van der Waals surface area contributed by atoms with Crippen molar-refractivity contribution in [2.24, 2.45) is 0 Å². The van der Waals surface area contributed by atoms with E-state index in [1.165, 1.54) is 10.8 Å². The van der Waals surface area contributed by atoms with Crippen molar-refractivity contribution in [2.45, 2.75) is 37.4 Å². The summed E-state index contributed by atoms with van der Waals surface area (Å²) in [6.45, 7) is 2.83. The molecule has 2 aromatic carbocycles. The van der Waals surface area contributed by atoms with Crippen LogP contribution < -0.4 is 4.74 Å². The van der Waals surface area contributed by atoms with Gasteiger partial charge in [-0.3, -0.25) is 0 Å². The van der Waals surface area contributed by atoms with Gasteiger partial charge in [-0.2, -0.15) is 0 Å². The fourth-order valence-corrected chi connectivity index (χ4v) is 3.34. The largest absolute Gasteiger partial charge is 0.488 e. The lowest BCUT2D eigenvalue weighted by Gasteiger charge is -2.40. The van der Waals surface area contributed by atoms with E-state index in [1.54, 1.807) is 0 Å². The van der Waals surface area contributed by atoms with Gasteiger partial charge in [0.25, 0.3) is 0 Å². The van der Waals surface area contributed by atoms with Gasteiger partial charge < -0.3 is 9.47 Å². The zero-order valence-electron chi connectivity index (χ0n) is 11.9. The van der Waals surface area contributed by atoms with Gasteiger partial charge in [0.05, 0.1) is 5.38 Å². The smallest absolute Gasteiger partial charge is 0.128 e. The van der Waals surface area contributed by atoms with Crippen molar-refractivity contribution < 1.29 is 9.47 Å². The first-order valence-electron chi connectivity index (χ1n) is 7.29. The zero-order chi connectivity index (χ0) is 14.8. The molecule has 112 valence electrons. The van der Waals surface area contributed by atoms with Gasteiger partial charge in [0.1, 0.15) is 18.0 Å². The van der Waals surface area contributed by atoms with Crippen LogP contribution in [0.4, 0.5) is 0 Å². The lowest BCUT2D eigenvalue weighted by molar-refractivity contribution is -0.0797. The van der Waals surface area contributed by atoms with Gasteiger partial charge in [-0.05, 0) is 41.5 Å². The molecular weight excluding hydrogens is 352 g/mol. The van der Waals surface area contributed by atoms with E-state index in [9.17, 15) is 0 Å². The molecule has 0 heterocycles. The van der Waals surface area contributed by atoms with Crippen LogP contribution in [0.5, 0.6) is 5.75 Å². The minimum Gasteiger partial charge on any atom is -0.488 e. The van der Waals surface area contributed by atoms with Crippen molar-refractivity contribution in [3.05, 3.63) is 40.9 Å². The Balaban J connectivity index is 1.71. The maximum absolute atomic E-state index is 6.21. The molecule has 4 heteroatoms. The Hall–Kier alpha value is -0.770. The van der Waals surface area contributed by atoms with E-state index in [1.807, 2.05) is 12.1 Å². The van der Waals surface area contributed by atoms with Crippen molar-refractivity contribution in [1.29, 1.82) is 0 Å². The Bertz CT molecular complexity index is 631. The summed E-state index contributed by atoms with van der Waals surface area (Å²) >= 11 is 9.70. The number of alkyl halides is 1. The summed E-state index contributed by atoms with van der Waals surface area (Å²) in [5, 5.41) is 2.43. The number of hydrogen-bond acceptors (Lipinski definition) is 2. The first-order chi connectivity index (χ1) is 10.2. The number of rotatable bonds is 5. The molecule has 0 radical (unpaired) electrons. The molecule has 3 rings (SSSR count). The maximum Gasteiger partial charge on any atom is 0.128 e. The quantitative estimate of drug-likeness (QED) is 0.678. The van der Waals surface area contributed by atoms with Crippen LogP contribution in [0.2, 0.25) is 0 Å². The van der Waals surface area contributed by atoms with Crippen LogP contribution in [0.1, 0.15) is 19.8 Å². The van der Waals surface area contributed by atoms with Gasteiger partial charge >= 0.3 is 0 Å². The van der Waals surface area contributed by atoms with Gasteiger partial charge in [0.2, 0.25) is 0 Å². The number of fused-ring (bicyclic) bond motifs is 1. The molecule has 0 N–H and O–H groups in total. The van der Waals surface area contributed by atoms with E-state index in [4.69, 9.17) is 21.1 Å². The Labute approximate surface area is 138 Å². The first kappa shape index (κ1) is 15.1. The van der Waals surface area contributed by atoms with Gasteiger partial charge in [-0.25, -0.2) is 0 Å². The Kier molecular flexibility index (Phi) is 4.72.